The zero-order chi connectivity index (χ0) is 23.1. The van der Waals surface area contributed by atoms with E-state index in [4.69, 9.17) is 16.3 Å². The van der Waals surface area contributed by atoms with Crippen molar-refractivity contribution in [1.82, 2.24) is 25.2 Å². The summed E-state index contributed by atoms with van der Waals surface area (Å²) in [5.74, 6) is -0.143. The van der Waals surface area contributed by atoms with Crippen LogP contribution in [0.1, 0.15) is 41.3 Å². The Balaban J connectivity index is 1.35. The molecule has 0 bridgehead atoms. The molecule has 9 nitrogen and oxygen atoms in total. The number of fused-ring (bicyclic) bond motifs is 1. The Labute approximate surface area is 199 Å². The molecule has 2 aromatic heterocycles. The van der Waals surface area contributed by atoms with E-state index in [1.807, 2.05) is 0 Å². The number of ketones is 1. The molecule has 2 aromatic rings. The summed E-state index contributed by atoms with van der Waals surface area (Å²) in [5.41, 5.74) is 0.775. The third-order valence-electron chi connectivity index (χ3n) is 6.59. The highest BCUT2D eigenvalue weighted by molar-refractivity contribution is 7.16. The zero-order valence-electron chi connectivity index (χ0n) is 18.1. The van der Waals surface area contributed by atoms with Crippen LogP contribution in [-0.4, -0.2) is 74.2 Å². The first kappa shape index (κ1) is 22.4. The first-order valence-electron chi connectivity index (χ1n) is 11.1. The molecule has 0 aromatic carbocycles. The van der Waals surface area contributed by atoms with Gasteiger partial charge in [0.15, 0.2) is 10.8 Å². The number of hydrogen-bond donors (Lipinski definition) is 1. The Morgan fingerprint density at radius 3 is 2.67 bits per heavy atom. The third kappa shape index (κ3) is 4.27. The van der Waals surface area contributed by atoms with Gasteiger partial charge < -0.3 is 15.0 Å². The van der Waals surface area contributed by atoms with Gasteiger partial charge in [-0.05, 0) is 25.7 Å². The molecule has 2 aliphatic heterocycles. The maximum absolute atomic E-state index is 13.6. The van der Waals surface area contributed by atoms with Crippen LogP contribution < -0.4 is 5.32 Å². The number of alkyl halides is 1. The molecule has 1 saturated carbocycles. The summed E-state index contributed by atoms with van der Waals surface area (Å²) >= 11 is 7.60. The van der Waals surface area contributed by atoms with Crippen molar-refractivity contribution >= 4 is 40.5 Å². The van der Waals surface area contributed by atoms with Crippen LogP contribution in [-0.2, 0) is 14.3 Å². The first-order chi connectivity index (χ1) is 15.9. The standard InChI is InChI=1S/C22H24ClN5O4S/c1-11-24-6-13(7-25-11)16-8-26-21(33-16)20(30)27-17(12-4-2-3-5-12)22(31)28-9-14(23)19-18(28)15(29)10-32-19/h6-8,12,14,17-19H,2-5,9-10H2,1H3,(H,27,30)/t14-,17-,18+,19+/m0/s1. The number of aromatic nitrogens is 3. The van der Waals surface area contributed by atoms with Gasteiger partial charge in [-0.1, -0.05) is 12.8 Å². The fraction of sp³-hybridized carbons (Fsp3) is 0.545. The van der Waals surface area contributed by atoms with Crippen LogP contribution in [0.2, 0.25) is 0 Å². The Hall–Kier alpha value is -2.43. The number of nitrogens with zero attached hydrogens (tertiary/aromatic N) is 4. The lowest BCUT2D eigenvalue weighted by Crippen LogP contribution is -2.54. The Morgan fingerprint density at radius 2 is 1.94 bits per heavy atom. The van der Waals surface area contributed by atoms with Gasteiger partial charge in [-0.2, -0.15) is 0 Å². The molecule has 3 fully saturated rings. The van der Waals surface area contributed by atoms with Crippen LogP contribution in [0.3, 0.4) is 0 Å². The maximum Gasteiger partial charge on any atom is 0.280 e. The largest absolute Gasteiger partial charge is 0.366 e. The minimum Gasteiger partial charge on any atom is -0.366 e. The molecule has 4 heterocycles. The minimum absolute atomic E-state index is 0.0108. The van der Waals surface area contributed by atoms with Crippen molar-refractivity contribution in [3.8, 4) is 10.4 Å². The predicted octanol–water partition coefficient (Wildman–Crippen LogP) is 1.98. The number of likely N-dealkylation sites (tertiary alicyclic amines) is 1. The van der Waals surface area contributed by atoms with Gasteiger partial charge >= 0.3 is 0 Å². The number of nitrogens with one attached hydrogen (secondary N) is 1. The van der Waals surface area contributed by atoms with Crippen molar-refractivity contribution < 1.29 is 19.1 Å². The Morgan fingerprint density at radius 1 is 1.21 bits per heavy atom. The average Bonchev–Trinajstić information content (AvgIpc) is 3.59. The van der Waals surface area contributed by atoms with Crippen LogP contribution in [0.15, 0.2) is 18.6 Å². The highest BCUT2D eigenvalue weighted by Crippen LogP contribution is 2.34. The van der Waals surface area contributed by atoms with E-state index >= 15 is 0 Å². The molecule has 33 heavy (non-hydrogen) atoms. The molecular weight excluding hydrogens is 466 g/mol. The van der Waals surface area contributed by atoms with Gasteiger partial charge in [0.1, 0.15) is 30.6 Å². The monoisotopic (exact) mass is 489 g/mol. The number of carbonyl (C=O) groups excluding carboxylic acids is 3. The van der Waals surface area contributed by atoms with Crippen molar-refractivity contribution in [2.24, 2.45) is 5.92 Å². The van der Waals surface area contributed by atoms with Crippen molar-refractivity contribution in [1.29, 1.82) is 0 Å². The molecule has 1 aliphatic carbocycles. The highest BCUT2D eigenvalue weighted by Gasteiger charge is 2.53. The molecule has 3 aliphatic rings. The molecule has 0 radical (unpaired) electrons. The lowest BCUT2D eigenvalue weighted by Gasteiger charge is -2.30. The molecule has 2 amide bonds. The van der Waals surface area contributed by atoms with Gasteiger partial charge in [-0.15, -0.1) is 22.9 Å². The van der Waals surface area contributed by atoms with Gasteiger partial charge in [0.2, 0.25) is 5.91 Å². The topological polar surface area (TPSA) is 114 Å². The van der Waals surface area contributed by atoms with E-state index in [1.165, 1.54) is 16.2 Å². The second-order valence-corrected chi connectivity index (χ2v) is 10.3. The Kier molecular flexibility index (Phi) is 6.15. The first-order valence-corrected chi connectivity index (χ1v) is 12.3. The summed E-state index contributed by atoms with van der Waals surface area (Å²) in [4.78, 5) is 54.0. The number of rotatable bonds is 5. The quantitative estimate of drug-likeness (QED) is 0.638. The molecular formula is C22H24ClN5O4S. The summed E-state index contributed by atoms with van der Waals surface area (Å²) in [6.07, 6.45) is 8.20. The predicted molar refractivity (Wildman–Crippen MR) is 121 cm³/mol. The summed E-state index contributed by atoms with van der Waals surface area (Å²) < 4.78 is 5.51. The normalized spacial score (nSPS) is 25.9. The number of thiazole rings is 1. The van der Waals surface area contributed by atoms with Crippen molar-refractivity contribution in [3.63, 3.8) is 0 Å². The van der Waals surface area contributed by atoms with Crippen LogP contribution in [0.5, 0.6) is 0 Å². The lowest BCUT2D eigenvalue weighted by molar-refractivity contribution is -0.139. The number of hydrogen-bond acceptors (Lipinski definition) is 8. The van der Waals surface area contributed by atoms with E-state index in [-0.39, 0.29) is 35.8 Å². The van der Waals surface area contributed by atoms with Crippen molar-refractivity contribution in [2.75, 3.05) is 13.2 Å². The number of Topliss-reactive ketones (excluding diaryl/α,β-unsaturated/α-hetero) is 1. The van der Waals surface area contributed by atoms with E-state index in [0.29, 0.717) is 5.82 Å². The van der Waals surface area contributed by atoms with E-state index in [9.17, 15) is 14.4 Å². The molecule has 0 spiro atoms. The second-order valence-electron chi connectivity index (χ2n) is 8.74. The molecule has 2 saturated heterocycles. The molecule has 174 valence electrons. The summed E-state index contributed by atoms with van der Waals surface area (Å²) in [5, 5.41) is 2.75. The minimum atomic E-state index is -0.730. The van der Waals surface area contributed by atoms with E-state index in [0.717, 1.165) is 36.1 Å². The fourth-order valence-corrected chi connectivity index (χ4v) is 6.06. The molecule has 0 unspecified atom stereocenters. The number of ether oxygens (including phenoxy) is 1. The van der Waals surface area contributed by atoms with Crippen LogP contribution in [0.4, 0.5) is 0 Å². The lowest BCUT2D eigenvalue weighted by atomic mass is 9.96. The van der Waals surface area contributed by atoms with Crippen molar-refractivity contribution in [3.05, 3.63) is 29.4 Å². The third-order valence-corrected chi connectivity index (χ3v) is 8.03. The fourth-order valence-electron chi connectivity index (χ4n) is 4.91. The number of aryl methyl sites for hydroxylation is 1. The maximum atomic E-state index is 13.6. The van der Waals surface area contributed by atoms with Gasteiger partial charge in [-0.25, -0.2) is 15.0 Å². The summed E-state index contributed by atoms with van der Waals surface area (Å²) in [6.45, 7) is 2.00. The Bertz CT molecular complexity index is 1070. The molecule has 4 atom stereocenters. The van der Waals surface area contributed by atoms with Crippen LogP contribution in [0.25, 0.3) is 10.4 Å². The van der Waals surface area contributed by atoms with Gasteiger partial charge in [0, 0.05) is 30.7 Å². The van der Waals surface area contributed by atoms with Gasteiger partial charge in [-0.3, -0.25) is 14.4 Å². The van der Waals surface area contributed by atoms with E-state index in [2.05, 4.69) is 20.3 Å². The van der Waals surface area contributed by atoms with E-state index < -0.39 is 29.5 Å². The van der Waals surface area contributed by atoms with E-state index in [1.54, 1.807) is 25.5 Å². The van der Waals surface area contributed by atoms with Crippen molar-refractivity contribution in [2.45, 2.75) is 56.2 Å². The molecule has 1 N–H and O–H groups in total. The zero-order valence-corrected chi connectivity index (χ0v) is 19.6. The number of carbonyl (C=O) groups is 3. The highest BCUT2D eigenvalue weighted by atomic mass is 35.5. The van der Waals surface area contributed by atoms with Gasteiger partial charge in [0.25, 0.3) is 5.91 Å². The van der Waals surface area contributed by atoms with Crippen LogP contribution >= 0.6 is 22.9 Å². The number of amides is 2. The molecule has 11 heteroatoms. The second kappa shape index (κ2) is 9.08. The smallest absolute Gasteiger partial charge is 0.280 e. The van der Waals surface area contributed by atoms with Crippen LogP contribution in [0, 0.1) is 12.8 Å². The number of halogens is 1. The average molecular weight is 490 g/mol. The molecule has 5 rings (SSSR count). The summed E-state index contributed by atoms with van der Waals surface area (Å²) in [7, 11) is 0. The SMILES string of the molecule is Cc1ncc(-c2cnc(C(=O)N[C@H](C(=O)N3C[C@H](Cl)[C@H]4OCC(=O)[C@H]43)C3CCCC3)s2)cn1. The summed E-state index contributed by atoms with van der Waals surface area (Å²) in [6, 6.07) is -1.40. The van der Waals surface area contributed by atoms with Gasteiger partial charge in [0.05, 0.1) is 10.3 Å².